The lowest BCUT2D eigenvalue weighted by molar-refractivity contribution is -0.119. The number of amides is 1. The SMILES string of the molecule is COCC(=O)Nc1cccc2[nH]c(C)cc12. The van der Waals surface area contributed by atoms with E-state index in [1.165, 1.54) is 7.11 Å². The van der Waals surface area contributed by atoms with E-state index >= 15 is 0 Å². The first-order valence-corrected chi connectivity index (χ1v) is 5.08. The molecule has 2 N–H and O–H groups in total. The minimum atomic E-state index is -0.145. The van der Waals surface area contributed by atoms with E-state index in [1.54, 1.807) is 0 Å². The third-order valence-electron chi connectivity index (χ3n) is 2.35. The number of benzene rings is 1. The number of carbonyl (C=O) groups excluding carboxylic acids is 1. The Morgan fingerprint density at radius 2 is 2.31 bits per heavy atom. The molecule has 0 bridgehead atoms. The molecule has 2 rings (SSSR count). The van der Waals surface area contributed by atoms with Crippen molar-refractivity contribution in [3.05, 3.63) is 30.0 Å². The van der Waals surface area contributed by atoms with Gasteiger partial charge in [0.15, 0.2) is 0 Å². The number of methoxy groups -OCH3 is 1. The van der Waals surface area contributed by atoms with Gasteiger partial charge in [0.2, 0.25) is 5.91 Å². The second-order valence-corrected chi connectivity index (χ2v) is 3.70. The highest BCUT2D eigenvalue weighted by Gasteiger charge is 2.06. The molecule has 1 heterocycles. The molecule has 0 aliphatic rings. The van der Waals surface area contributed by atoms with E-state index in [4.69, 9.17) is 4.74 Å². The Hall–Kier alpha value is -1.81. The highest BCUT2D eigenvalue weighted by Crippen LogP contribution is 2.23. The summed E-state index contributed by atoms with van der Waals surface area (Å²) >= 11 is 0. The molecule has 4 nitrogen and oxygen atoms in total. The molecule has 0 radical (unpaired) electrons. The maximum absolute atomic E-state index is 11.4. The van der Waals surface area contributed by atoms with Crippen LogP contribution in [0.4, 0.5) is 5.69 Å². The number of aromatic amines is 1. The molecule has 0 saturated heterocycles. The van der Waals surface area contributed by atoms with Crippen LogP contribution in [0, 0.1) is 6.92 Å². The average Bonchev–Trinajstić information content (AvgIpc) is 2.60. The van der Waals surface area contributed by atoms with Gasteiger partial charge in [-0.15, -0.1) is 0 Å². The molecule has 4 heteroatoms. The van der Waals surface area contributed by atoms with Gasteiger partial charge in [0, 0.05) is 23.7 Å². The minimum Gasteiger partial charge on any atom is -0.375 e. The van der Waals surface area contributed by atoms with Gasteiger partial charge in [-0.05, 0) is 25.1 Å². The van der Waals surface area contributed by atoms with Crippen LogP contribution in [0.2, 0.25) is 0 Å². The number of anilines is 1. The highest BCUT2D eigenvalue weighted by molar-refractivity contribution is 6.01. The fourth-order valence-electron chi connectivity index (χ4n) is 1.72. The van der Waals surface area contributed by atoms with Crippen LogP contribution in [0.5, 0.6) is 0 Å². The number of hydrogen-bond donors (Lipinski definition) is 2. The Labute approximate surface area is 93.6 Å². The van der Waals surface area contributed by atoms with Crippen molar-refractivity contribution < 1.29 is 9.53 Å². The van der Waals surface area contributed by atoms with Crippen LogP contribution in [0.1, 0.15) is 5.69 Å². The van der Waals surface area contributed by atoms with E-state index in [0.717, 1.165) is 22.3 Å². The molecule has 0 unspecified atom stereocenters. The van der Waals surface area contributed by atoms with E-state index in [2.05, 4.69) is 10.3 Å². The maximum Gasteiger partial charge on any atom is 0.250 e. The van der Waals surface area contributed by atoms with Crippen molar-refractivity contribution in [2.24, 2.45) is 0 Å². The number of nitrogens with one attached hydrogen (secondary N) is 2. The summed E-state index contributed by atoms with van der Waals surface area (Å²) in [5.41, 5.74) is 2.90. The second-order valence-electron chi connectivity index (χ2n) is 3.70. The van der Waals surface area contributed by atoms with Gasteiger partial charge < -0.3 is 15.0 Å². The Bertz CT molecular complexity index is 517. The van der Waals surface area contributed by atoms with Gasteiger partial charge in [-0.1, -0.05) is 6.07 Å². The van der Waals surface area contributed by atoms with Crippen LogP contribution in [-0.4, -0.2) is 24.6 Å². The van der Waals surface area contributed by atoms with Gasteiger partial charge >= 0.3 is 0 Å². The summed E-state index contributed by atoms with van der Waals surface area (Å²) in [5, 5.41) is 3.83. The molecule has 0 fully saturated rings. The molecule has 1 amide bonds. The summed E-state index contributed by atoms with van der Waals surface area (Å²) in [5.74, 6) is -0.145. The number of ether oxygens (including phenoxy) is 1. The van der Waals surface area contributed by atoms with Crippen molar-refractivity contribution in [2.45, 2.75) is 6.92 Å². The number of hydrogen-bond acceptors (Lipinski definition) is 2. The van der Waals surface area contributed by atoms with E-state index in [9.17, 15) is 4.79 Å². The van der Waals surface area contributed by atoms with Crippen molar-refractivity contribution >= 4 is 22.5 Å². The van der Waals surface area contributed by atoms with Crippen LogP contribution in [0.25, 0.3) is 10.9 Å². The Balaban J connectivity index is 2.33. The van der Waals surface area contributed by atoms with E-state index < -0.39 is 0 Å². The van der Waals surface area contributed by atoms with Crippen LogP contribution in [0.3, 0.4) is 0 Å². The molecule has 1 aromatic carbocycles. The first-order chi connectivity index (χ1) is 7.70. The summed E-state index contributed by atoms with van der Waals surface area (Å²) in [6.07, 6.45) is 0. The Morgan fingerprint density at radius 3 is 3.06 bits per heavy atom. The number of fused-ring (bicyclic) bond motifs is 1. The van der Waals surface area contributed by atoms with Crippen molar-refractivity contribution in [3.63, 3.8) is 0 Å². The van der Waals surface area contributed by atoms with E-state index in [1.807, 2.05) is 31.2 Å². The van der Waals surface area contributed by atoms with Crippen LogP contribution < -0.4 is 5.32 Å². The predicted molar refractivity (Wildman–Crippen MR) is 63.5 cm³/mol. The first kappa shape index (κ1) is 10.7. The summed E-state index contributed by atoms with van der Waals surface area (Å²) < 4.78 is 4.77. The topological polar surface area (TPSA) is 54.1 Å². The summed E-state index contributed by atoms with van der Waals surface area (Å²) in [6, 6.07) is 7.77. The van der Waals surface area contributed by atoms with Gasteiger partial charge in [0.25, 0.3) is 0 Å². The molecule has 0 aliphatic heterocycles. The monoisotopic (exact) mass is 218 g/mol. The molecule has 0 spiro atoms. The smallest absolute Gasteiger partial charge is 0.250 e. The van der Waals surface area contributed by atoms with Crippen molar-refractivity contribution in [1.29, 1.82) is 0 Å². The molecule has 16 heavy (non-hydrogen) atoms. The van der Waals surface area contributed by atoms with Gasteiger partial charge in [-0.2, -0.15) is 0 Å². The Morgan fingerprint density at radius 1 is 1.50 bits per heavy atom. The summed E-state index contributed by atoms with van der Waals surface area (Å²) in [4.78, 5) is 14.6. The van der Waals surface area contributed by atoms with Crippen LogP contribution >= 0.6 is 0 Å². The fraction of sp³-hybridized carbons (Fsp3) is 0.250. The predicted octanol–water partition coefficient (Wildman–Crippen LogP) is 2.06. The zero-order valence-corrected chi connectivity index (χ0v) is 9.33. The molecule has 0 aliphatic carbocycles. The second kappa shape index (κ2) is 4.37. The molecular weight excluding hydrogens is 204 g/mol. The third kappa shape index (κ3) is 2.06. The maximum atomic E-state index is 11.4. The lowest BCUT2D eigenvalue weighted by Gasteiger charge is -2.05. The standard InChI is InChI=1S/C12H14N2O2/c1-8-6-9-10(13-8)4-3-5-11(9)14-12(15)7-16-2/h3-6,13H,7H2,1-2H3,(H,14,15). The largest absolute Gasteiger partial charge is 0.375 e. The molecule has 0 saturated carbocycles. The zero-order chi connectivity index (χ0) is 11.5. The lowest BCUT2D eigenvalue weighted by Crippen LogP contribution is -2.17. The number of aromatic nitrogens is 1. The van der Waals surface area contributed by atoms with Crippen molar-refractivity contribution in [1.82, 2.24) is 4.98 Å². The van der Waals surface area contributed by atoms with E-state index in [0.29, 0.717) is 0 Å². The normalized spacial score (nSPS) is 10.6. The van der Waals surface area contributed by atoms with Crippen LogP contribution in [0.15, 0.2) is 24.3 Å². The fourth-order valence-corrected chi connectivity index (χ4v) is 1.72. The summed E-state index contributed by atoms with van der Waals surface area (Å²) in [6.45, 7) is 2.06. The first-order valence-electron chi connectivity index (χ1n) is 5.08. The third-order valence-corrected chi connectivity index (χ3v) is 2.35. The molecule has 0 atom stereocenters. The van der Waals surface area contributed by atoms with Crippen molar-refractivity contribution in [2.75, 3.05) is 19.0 Å². The van der Waals surface area contributed by atoms with Gasteiger partial charge in [-0.25, -0.2) is 0 Å². The average molecular weight is 218 g/mol. The molecule has 2 aromatic rings. The number of rotatable bonds is 3. The molecule has 1 aromatic heterocycles. The highest BCUT2D eigenvalue weighted by atomic mass is 16.5. The van der Waals surface area contributed by atoms with E-state index in [-0.39, 0.29) is 12.5 Å². The van der Waals surface area contributed by atoms with Crippen molar-refractivity contribution in [3.8, 4) is 0 Å². The van der Waals surface area contributed by atoms with Crippen LogP contribution in [-0.2, 0) is 9.53 Å². The van der Waals surface area contributed by atoms with Gasteiger partial charge in [-0.3, -0.25) is 4.79 Å². The number of aryl methyl sites for hydroxylation is 1. The minimum absolute atomic E-state index is 0.0692. The Kier molecular flexibility index (Phi) is 2.92. The van der Waals surface area contributed by atoms with Gasteiger partial charge in [0.1, 0.15) is 6.61 Å². The van der Waals surface area contributed by atoms with Gasteiger partial charge in [0.05, 0.1) is 5.69 Å². The number of carbonyl (C=O) groups is 1. The molecular formula is C12H14N2O2. The quantitative estimate of drug-likeness (QED) is 0.828. The molecule has 84 valence electrons. The number of H-pyrrole nitrogens is 1. The lowest BCUT2D eigenvalue weighted by atomic mass is 10.2. The zero-order valence-electron chi connectivity index (χ0n) is 9.33. The summed E-state index contributed by atoms with van der Waals surface area (Å²) in [7, 11) is 1.50.